The largest absolute Gasteiger partial charge is 0.391 e. The average Bonchev–Trinajstić information content (AvgIpc) is 1.86. The van der Waals surface area contributed by atoms with Gasteiger partial charge >= 0.3 is 6.18 Å². The second-order valence-electron chi connectivity index (χ2n) is 2.99. The molecule has 0 unspecified atom stereocenters. The van der Waals surface area contributed by atoms with Gasteiger partial charge in [0.2, 0.25) is 0 Å². The topological polar surface area (TPSA) is 0 Å². The summed E-state index contributed by atoms with van der Waals surface area (Å²) in [6.45, 7) is 0. The minimum Gasteiger partial charge on any atom is -0.247 e. The van der Waals surface area contributed by atoms with Crippen LogP contribution in [0.1, 0.15) is 25.7 Å². The zero-order valence-electron chi connectivity index (χ0n) is 5.99. The zero-order valence-corrected chi connectivity index (χ0v) is 5.99. The molecule has 0 amide bonds. The molecule has 1 aliphatic carbocycles. The van der Waals surface area contributed by atoms with E-state index in [1.165, 1.54) is 0 Å². The molecule has 1 aliphatic rings. The van der Waals surface area contributed by atoms with Crippen LogP contribution in [0.25, 0.3) is 0 Å². The van der Waals surface area contributed by atoms with Crippen LogP contribution < -0.4 is 0 Å². The molecule has 66 valence electrons. The van der Waals surface area contributed by atoms with Crippen LogP contribution in [-0.4, -0.2) is 12.3 Å². The molecular weight excluding hydrogens is 160 g/mol. The van der Waals surface area contributed by atoms with E-state index in [0.717, 1.165) is 0 Å². The highest BCUT2D eigenvalue weighted by atomic mass is 19.4. The normalized spacial score (nSPS) is 33.8. The number of hydrogen-bond donors (Lipinski definition) is 0. The standard InChI is InChI=1S/C7H10F4/c8-6-3-1-5(2-4-6)7(9,10)11/h5-6H,1-4H2. The Morgan fingerprint density at radius 1 is 0.909 bits per heavy atom. The van der Waals surface area contributed by atoms with Crippen LogP contribution in [0.5, 0.6) is 0 Å². The molecule has 11 heavy (non-hydrogen) atoms. The van der Waals surface area contributed by atoms with Crippen LogP contribution in [0.3, 0.4) is 0 Å². The summed E-state index contributed by atoms with van der Waals surface area (Å²) in [6, 6.07) is 0. The van der Waals surface area contributed by atoms with E-state index in [-0.39, 0.29) is 25.7 Å². The molecule has 0 spiro atoms. The highest BCUT2D eigenvalue weighted by molar-refractivity contribution is 4.76. The average molecular weight is 170 g/mol. The fourth-order valence-electron chi connectivity index (χ4n) is 1.38. The van der Waals surface area contributed by atoms with Crippen molar-refractivity contribution in [1.82, 2.24) is 0 Å². The summed E-state index contributed by atoms with van der Waals surface area (Å²) < 4.78 is 48.2. The van der Waals surface area contributed by atoms with E-state index in [1.54, 1.807) is 0 Å². The molecule has 1 saturated carbocycles. The van der Waals surface area contributed by atoms with E-state index in [9.17, 15) is 17.6 Å². The monoisotopic (exact) mass is 170 g/mol. The molecule has 0 nitrogen and oxygen atoms in total. The van der Waals surface area contributed by atoms with Crippen molar-refractivity contribution in [3.8, 4) is 0 Å². The lowest BCUT2D eigenvalue weighted by Gasteiger charge is -2.25. The fraction of sp³-hybridized carbons (Fsp3) is 1.00. The van der Waals surface area contributed by atoms with Gasteiger partial charge in [0.05, 0.1) is 5.92 Å². The third kappa shape index (κ3) is 2.34. The van der Waals surface area contributed by atoms with Gasteiger partial charge in [0.15, 0.2) is 0 Å². The fourth-order valence-corrected chi connectivity index (χ4v) is 1.38. The Hall–Kier alpha value is -0.280. The van der Waals surface area contributed by atoms with Gasteiger partial charge < -0.3 is 0 Å². The molecule has 0 N–H and O–H groups in total. The van der Waals surface area contributed by atoms with E-state index < -0.39 is 18.3 Å². The Morgan fingerprint density at radius 3 is 1.73 bits per heavy atom. The van der Waals surface area contributed by atoms with Gasteiger partial charge in [-0.15, -0.1) is 0 Å². The minimum atomic E-state index is -4.11. The minimum absolute atomic E-state index is 0.0370. The quantitative estimate of drug-likeness (QED) is 0.490. The molecule has 0 saturated heterocycles. The molecule has 0 heterocycles. The molecule has 0 radical (unpaired) electrons. The number of hydrogen-bond acceptors (Lipinski definition) is 0. The molecule has 0 aromatic rings. The first-order valence-corrected chi connectivity index (χ1v) is 3.71. The van der Waals surface area contributed by atoms with E-state index in [0.29, 0.717) is 0 Å². The van der Waals surface area contributed by atoms with Gasteiger partial charge in [-0.3, -0.25) is 0 Å². The van der Waals surface area contributed by atoms with Gasteiger partial charge in [0.1, 0.15) is 6.17 Å². The molecule has 0 aromatic carbocycles. The van der Waals surface area contributed by atoms with Crippen molar-refractivity contribution in [1.29, 1.82) is 0 Å². The van der Waals surface area contributed by atoms with E-state index in [4.69, 9.17) is 0 Å². The molecule has 1 rings (SSSR count). The Kier molecular flexibility index (Phi) is 2.40. The van der Waals surface area contributed by atoms with Crippen molar-refractivity contribution in [2.75, 3.05) is 0 Å². The first kappa shape index (κ1) is 8.81. The molecule has 4 heteroatoms. The molecule has 0 atom stereocenters. The van der Waals surface area contributed by atoms with Crippen LogP contribution in [0.15, 0.2) is 0 Å². The van der Waals surface area contributed by atoms with E-state index in [1.807, 2.05) is 0 Å². The van der Waals surface area contributed by atoms with Gasteiger partial charge in [-0.05, 0) is 25.7 Å². The summed E-state index contributed by atoms with van der Waals surface area (Å²) in [7, 11) is 0. The third-order valence-corrected chi connectivity index (χ3v) is 2.12. The summed E-state index contributed by atoms with van der Waals surface area (Å²) in [4.78, 5) is 0. The summed E-state index contributed by atoms with van der Waals surface area (Å²) in [5.41, 5.74) is 0. The van der Waals surface area contributed by atoms with Gasteiger partial charge in [-0.2, -0.15) is 13.2 Å². The Balaban J connectivity index is 2.39. The van der Waals surface area contributed by atoms with Gasteiger partial charge in [-0.25, -0.2) is 4.39 Å². The highest BCUT2D eigenvalue weighted by Crippen LogP contribution is 2.38. The lowest BCUT2D eigenvalue weighted by atomic mass is 9.88. The predicted octanol–water partition coefficient (Wildman–Crippen LogP) is 3.08. The van der Waals surface area contributed by atoms with Crippen LogP contribution in [-0.2, 0) is 0 Å². The Morgan fingerprint density at radius 2 is 1.36 bits per heavy atom. The molecule has 1 fully saturated rings. The van der Waals surface area contributed by atoms with E-state index >= 15 is 0 Å². The Bertz CT molecular complexity index is 121. The number of rotatable bonds is 0. The smallest absolute Gasteiger partial charge is 0.247 e. The Labute approximate surface area is 62.6 Å². The van der Waals surface area contributed by atoms with Crippen LogP contribution >= 0.6 is 0 Å². The van der Waals surface area contributed by atoms with Gasteiger partial charge in [-0.1, -0.05) is 0 Å². The second-order valence-corrected chi connectivity index (χ2v) is 2.99. The number of halogens is 4. The maximum Gasteiger partial charge on any atom is 0.391 e. The molecule has 0 aromatic heterocycles. The predicted molar refractivity (Wildman–Crippen MR) is 32.9 cm³/mol. The SMILES string of the molecule is FC1CCC(C(F)(F)F)CC1. The number of alkyl halides is 4. The van der Waals surface area contributed by atoms with Crippen molar-refractivity contribution >= 4 is 0 Å². The molecule has 0 bridgehead atoms. The third-order valence-electron chi connectivity index (χ3n) is 2.12. The lowest BCUT2D eigenvalue weighted by Crippen LogP contribution is -2.28. The van der Waals surface area contributed by atoms with Gasteiger partial charge in [0, 0.05) is 0 Å². The summed E-state index contributed by atoms with van der Waals surface area (Å²) in [5.74, 6) is -1.26. The van der Waals surface area contributed by atoms with Crippen LogP contribution in [0, 0.1) is 5.92 Å². The van der Waals surface area contributed by atoms with Crippen molar-refractivity contribution in [3.63, 3.8) is 0 Å². The lowest BCUT2D eigenvalue weighted by molar-refractivity contribution is -0.184. The van der Waals surface area contributed by atoms with Crippen molar-refractivity contribution < 1.29 is 17.6 Å². The van der Waals surface area contributed by atoms with E-state index in [2.05, 4.69) is 0 Å². The first-order chi connectivity index (χ1) is 5.00. The first-order valence-electron chi connectivity index (χ1n) is 3.71. The van der Waals surface area contributed by atoms with Crippen LogP contribution in [0.2, 0.25) is 0 Å². The van der Waals surface area contributed by atoms with Gasteiger partial charge in [0.25, 0.3) is 0 Å². The van der Waals surface area contributed by atoms with Crippen LogP contribution in [0.4, 0.5) is 17.6 Å². The van der Waals surface area contributed by atoms with Crippen molar-refractivity contribution in [3.05, 3.63) is 0 Å². The zero-order chi connectivity index (χ0) is 8.48. The summed E-state index contributed by atoms with van der Waals surface area (Å²) >= 11 is 0. The summed E-state index contributed by atoms with van der Waals surface area (Å²) in [5, 5.41) is 0. The summed E-state index contributed by atoms with van der Waals surface area (Å²) in [6.07, 6.45) is -5.04. The highest BCUT2D eigenvalue weighted by Gasteiger charge is 2.41. The molecular formula is C7H10F4. The maximum atomic E-state index is 12.4. The molecule has 0 aliphatic heterocycles. The van der Waals surface area contributed by atoms with Crippen molar-refractivity contribution in [2.45, 2.75) is 38.0 Å². The van der Waals surface area contributed by atoms with Crippen molar-refractivity contribution in [2.24, 2.45) is 5.92 Å². The second kappa shape index (κ2) is 2.99. The maximum absolute atomic E-state index is 12.4.